The van der Waals surface area contributed by atoms with Crippen molar-refractivity contribution in [1.29, 1.82) is 0 Å². The third-order valence-corrected chi connectivity index (χ3v) is 10.5. The number of aromatic hydroxyl groups is 1. The molecule has 0 aromatic heterocycles. The van der Waals surface area contributed by atoms with Crippen molar-refractivity contribution in [1.82, 2.24) is 4.90 Å². The van der Waals surface area contributed by atoms with Crippen molar-refractivity contribution in [2.45, 2.75) is 28.5 Å². The van der Waals surface area contributed by atoms with Crippen molar-refractivity contribution in [2.24, 2.45) is 17.8 Å². The highest BCUT2D eigenvalue weighted by Crippen LogP contribution is 2.66. The van der Waals surface area contributed by atoms with E-state index in [9.17, 15) is 42.3 Å². The number of hydrogen-bond acceptors (Lipinski definition) is 8. The zero-order chi connectivity index (χ0) is 33.8. The minimum atomic E-state index is -2.78. The van der Waals surface area contributed by atoms with Crippen LogP contribution in [0.3, 0.4) is 0 Å². The number of carbonyl (C=O) groups is 5. The molecule has 0 spiro atoms. The predicted octanol–water partition coefficient (Wildman–Crippen LogP) is 4.43. The lowest BCUT2D eigenvalue weighted by Gasteiger charge is -2.50. The third kappa shape index (κ3) is 3.78. The Bertz CT molecular complexity index is 1810. The molecule has 242 valence electrons. The number of ether oxygens (including phenoxy) is 2. The van der Waals surface area contributed by atoms with Gasteiger partial charge in [0.2, 0.25) is 17.6 Å². The summed E-state index contributed by atoms with van der Waals surface area (Å²) >= 11 is 14.0. The molecule has 2 aliphatic carbocycles. The summed E-state index contributed by atoms with van der Waals surface area (Å²) in [6.07, 6.45) is -0.784. The van der Waals surface area contributed by atoms with Gasteiger partial charge >= 0.3 is 6.09 Å². The lowest BCUT2D eigenvalue weighted by atomic mass is 9.56. The van der Waals surface area contributed by atoms with Crippen LogP contribution in [0.15, 0.2) is 29.8 Å². The molecule has 2 saturated heterocycles. The van der Waals surface area contributed by atoms with E-state index < -0.39 is 104 Å². The summed E-state index contributed by atoms with van der Waals surface area (Å²) in [6.45, 7) is 0. The SMILES string of the molecule is COC(=O)N1C(=O)C2CC=C3C(CC4(Cl)C(=O)N(c5c(F)c(F)c(F)c(F)c5F)C(=O)C4(Cl)C3c3ccc(O)cc3OC)C2C1=O. The smallest absolute Gasteiger partial charge is 0.423 e. The summed E-state index contributed by atoms with van der Waals surface area (Å²) in [7, 11) is 2.11. The molecule has 0 bridgehead atoms. The van der Waals surface area contributed by atoms with Gasteiger partial charge in [-0.05, 0) is 24.8 Å². The van der Waals surface area contributed by atoms with Crippen LogP contribution in [0, 0.1) is 46.8 Å². The Labute approximate surface area is 265 Å². The second-order valence-electron chi connectivity index (χ2n) is 11.1. The number of rotatable bonds is 3. The minimum Gasteiger partial charge on any atom is -0.508 e. The van der Waals surface area contributed by atoms with Gasteiger partial charge in [-0.1, -0.05) is 17.7 Å². The van der Waals surface area contributed by atoms with Crippen molar-refractivity contribution >= 4 is 58.6 Å². The number of amides is 5. The number of likely N-dealkylation sites (tertiary alicyclic amines) is 1. The number of alkyl halides is 2. The molecule has 10 nitrogen and oxygen atoms in total. The summed E-state index contributed by atoms with van der Waals surface area (Å²) < 4.78 is 82.7. The van der Waals surface area contributed by atoms with Gasteiger partial charge in [0, 0.05) is 17.5 Å². The minimum absolute atomic E-state index is 0.0308. The molecule has 17 heteroatoms. The number of phenols is 1. The quantitative estimate of drug-likeness (QED) is 0.125. The Morgan fingerprint density at radius 3 is 2.11 bits per heavy atom. The van der Waals surface area contributed by atoms with Crippen molar-refractivity contribution in [3.05, 3.63) is 64.5 Å². The number of anilines is 1. The highest BCUT2D eigenvalue weighted by molar-refractivity contribution is 6.58. The molecule has 2 heterocycles. The maximum Gasteiger partial charge on any atom is 0.423 e. The number of benzene rings is 2. The van der Waals surface area contributed by atoms with Gasteiger partial charge in [0.05, 0.1) is 26.1 Å². The highest BCUT2D eigenvalue weighted by Gasteiger charge is 2.77. The van der Waals surface area contributed by atoms with Crippen LogP contribution in [0.5, 0.6) is 11.5 Å². The van der Waals surface area contributed by atoms with Crippen molar-refractivity contribution < 1.29 is 60.5 Å². The van der Waals surface area contributed by atoms with Crippen LogP contribution in [-0.2, 0) is 23.9 Å². The molecule has 6 atom stereocenters. The molecule has 5 amide bonds. The van der Waals surface area contributed by atoms with Gasteiger partial charge in [-0.2, -0.15) is 4.90 Å². The largest absolute Gasteiger partial charge is 0.508 e. The zero-order valence-corrected chi connectivity index (χ0v) is 24.9. The van der Waals surface area contributed by atoms with Gasteiger partial charge in [0.1, 0.15) is 17.2 Å². The van der Waals surface area contributed by atoms with E-state index in [-0.39, 0.29) is 38.9 Å². The lowest BCUT2D eigenvalue weighted by Crippen LogP contribution is -2.60. The van der Waals surface area contributed by atoms with Crippen LogP contribution in [0.25, 0.3) is 0 Å². The molecule has 1 saturated carbocycles. The first-order valence-electron chi connectivity index (χ1n) is 13.4. The number of fused-ring (bicyclic) bond motifs is 4. The van der Waals surface area contributed by atoms with E-state index in [1.165, 1.54) is 19.3 Å². The maximum atomic E-state index is 15.1. The average molecular weight is 689 g/mol. The summed E-state index contributed by atoms with van der Waals surface area (Å²) in [5.41, 5.74) is -1.82. The summed E-state index contributed by atoms with van der Waals surface area (Å²) in [5, 5.41) is 10.1. The van der Waals surface area contributed by atoms with Crippen LogP contribution in [0.1, 0.15) is 24.3 Å². The Balaban J connectivity index is 1.62. The first-order chi connectivity index (χ1) is 21.6. The summed E-state index contributed by atoms with van der Waals surface area (Å²) in [5.74, 6) is -23.6. The first kappa shape index (κ1) is 31.7. The third-order valence-electron chi connectivity index (χ3n) is 9.11. The number of methoxy groups -OCH3 is 2. The average Bonchev–Trinajstić information content (AvgIpc) is 3.37. The van der Waals surface area contributed by atoms with Gasteiger partial charge < -0.3 is 14.6 Å². The van der Waals surface area contributed by atoms with Crippen molar-refractivity contribution in [2.75, 3.05) is 19.1 Å². The Hall–Kier alpha value is -4.24. The number of imide groups is 4. The van der Waals surface area contributed by atoms with E-state index in [2.05, 4.69) is 4.74 Å². The molecule has 6 rings (SSSR count). The molecule has 2 aromatic carbocycles. The van der Waals surface area contributed by atoms with E-state index in [0.29, 0.717) is 0 Å². The first-order valence-corrected chi connectivity index (χ1v) is 14.1. The van der Waals surface area contributed by atoms with Gasteiger partial charge in [-0.25, -0.2) is 31.6 Å². The van der Waals surface area contributed by atoms with Gasteiger partial charge in [-0.3, -0.25) is 19.2 Å². The standard InChI is InChI=1S/C29H19Cl2F5N2O8/c1-45-14-7-9(39)3-4-11(14)16-10-5-6-12-15(24(41)38(23(12)40)27(44)46-2)13(10)8-28(30)25(42)37(26(43)29(16,28)31)22-20(35)18(33)17(32)19(34)21(22)36/h3-5,7,12-13,15-16,39H,6,8H2,1-2H3. The van der Waals surface area contributed by atoms with E-state index in [4.69, 9.17) is 27.9 Å². The topological polar surface area (TPSA) is 131 Å². The van der Waals surface area contributed by atoms with Gasteiger partial charge in [-0.15, -0.1) is 23.2 Å². The fourth-order valence-electron chi connectivity index (χ4n) is 7.12. The number of allylic oxidation sites excluding steroid dienone is 2. The highest BCUT2D eigenvalue weighted by atomic mass is 35.5. The monoisotopic (exact) mass is 688 g/mol. The predicted molar refractivity (Wildman–Crippen MR) is 145 cm³/mol. The van der Waals surface area contributed by atoms with Crippen LogP contribution in [0.4, 0.5) is 32.4 Å². The van der Waals surface area contributed by atoms with E-state index in [1.54, 1.807) is 0 Å². The molecule has 1 N–H and O–H groups in total. The molecule has 2 aromatic rings. The second-order valence-corrected chi connectivity index (χ2v) is 12.3. The Kier molecular flexibility index (Phi) is 7.17. The van der Waals surface area contributed by atoms with Crippen LogP contribution in [0.2, 0.25) is 0 Å². The summed E-state index contributed by atoms with van der Waals surface area (Å²) in [4.78, 5) is 61.9. The molecular weight excluding hydrogens is 670 g/mol. The Morgan fingerprint density at radius 2 is 1.52 bits per heavy atom. The second kappa shape index (κ2) is 10.4. The van der Waals surface area contributed by atoms with Crippen LogP contribution < -0.4 is 9.64 Å². The van der Waals surface area contributed by atoms with E-state index >= 15 is 8.78 Å². The Morgan fingerprint density at radius 1 is 0.913 bits per heavy atom. The number of nitrogens with zero attached hydrogens (tertiary/aromatic N) is 2. The molecule has 2 aliphatic heterocycles. The molecule has 4 aliphatic rings. The van der Waals surface area contributed by atoms with Gasteiger partial charge in [0.25, 0.3) is 11.8 Å². The number of hydrogen-bond donors (Lipinski definition) is 1. The fraction of sp³-hybridized carbons (Fsp3) is 0.345. The van der Waals surface area contributed by atoms with Crippen LogP contribution >= 0.6 is 23.2 Å². The molecular formula is C29H19Cl2F5N2O8. The summed E-state index contributed by atoms with van der Waals surface area (Å²) in [6, 6.07) is 3.49. The molecule has 6 unspecified atom stereocenters. The maximum absolute atomic E-state index is 15.1. The van der Waals surface area contributed by atoms with Crippen molar-refractivity contribution in [3.8, 4) is 11.5 Å². The van der Waals surface area contributed by atoms with E-state index in [0.717, 1.165) is 19.2 Å². The fourth-order valence-corrected chi connectivity index (χ4v) is 8.05. The zero-order valence-electron chi connectivity index (χ0n) is 23.4. The number of phenolic OH excluding ortho intramolecular Hbond substituents is 1. The van der Waals surface area contributed by atoms with Crippen LogP contribution in [-0.4, -0.2) is 63.7 Å². The normalized spacial score (nSPS) is 30.2. The lowest BCUT2D eigenvalue weighted by molar-refractivity contribution is -0.138. The number of halogens is 7. The van der Waals surface area contributed by atoms with Crippen molar-refractivity contribution in [3.63, 3.8) is 0 Å². The molecule has 46 heavy (non-hydrogen) atoms. The molecule has 0 radical (unpaired) electrons. The van der Waals surface area contributed by atoms with E-state index in [1.807, 2.05) is 0 Å². The van der Waals surface area contributed by atoms with Gasteiger partial charge in [0.15, 0.2) is 33.0 Å². The molecule has 3 fully saturated rings. The number of carbonyl (C=O) groups excluding carboxylic acids is 5.